The maximum absolute atomic E-state index is 12.9. The lowest BCUT2D eigenvalue weighted by Crippen LogP contribution is -2.30. The fourth-order valence-electron chi connectivity index (χ4n) is 3.77. The van der Waals surface area contributed by atoms with Gasteiger partial charge in [0.25, 0.3) is 5.56 Å². The second-order valence-corrected chi connectivity index (χ2v) is 7.70. The number of hydrogen-bond donors (Lipinski definition) is 0. The molecule has 2 heterocycles. The van der Waals surface area contributed by atoms with Crippen LogP contribution in [0.2, 0.25) is 10.3 Å². The van der Waals surface area contributed by atoms with E-state index in [9.17, 15) is 9.59 Å². The summed E-state index contributed by atoms with van der Waals surface area (Å²) in [5.41, 5.74) is 1.97. The molecule has 0 amide bonds. The molecular formula is C22H18Cl2N2O3. The average Bonchev–Trinajstić information content (AvgIpc) is 3.12. The summed E-state index contributed by atoms with van der Waals surface area (Å²) in [6.45, 7) is 0.135. The van der Waals surface area contributed by atoms with Crippen LogP contribution < -0.4 is 5.56 Å². The van der Waals surface area contributed by atoms with E-state index >= 15 is 0 Å². The molecule has 3 aromatic rings. The van der Waals surface area contributed by atoms with Gasteiger partial charge in [-0.1, -0.05) is 83.9 Å². The second-order valence-electron chi connectivity index (χ2n) is 6.99. The number of esters is 1. The van der Waals surface area contributed by atoms with Crippen LogP contribution in [0.1, 0.15) is 35.2 Å². The number of aromatic nitrogens is 2. The second kappa shape index (κ2) is 8.39. The van der Waals surface area contributed by atoms with E-state index < -0.39 is 17.6 Å². The van der Waals surface area contributed by atoms with Crippen LogP contribution in [-0.4, -0.2) is 15.5 Å². The number of fused-ring (bicyclic) bond motifs is 1. The quantitative estimate of drug-likeness (QED) is 0.558. The summed E-state index contributed by atoms with van der Waals surface area (Å²) in [4.78, 5) is 29.5. The van der Waals surface area contributed by atoms with Crippen molar-refractivity contribution in [2.75, 3.05) is 0 Å². The van der Waals surface area contributed by atoms with E-state index in [1.54, 1.807) is 0 Å². The third-order valence-electron chi connectivity index (χ3n) is 5.09. The average molecular weight is 429 g/mol. The summed E-state index contributed by atoms with van der Waals surface area (Å²) in [5, 5.41) is -0.103. The largest absolute Gasteiger partial charge is 0.459 e. The molecule has 4 rings (SSSR count). The highest BCUT2D eigenvalue weighted by Crippen LogP contribution is 2.40. The predicted octanol–water partition coefficient (Wildman–Crippen LogP) is 4.56. The van der Waals surface area contributed by atoms with Crippen LogP contribution in [0.3, 0.4) is 0 Å². The lowest BCUT2D eigenvalue weighted by atomic mass is 9.94. The first kappa shape index (κ1) is 19.7. The Kier molecular flexibility index (Phi) is 5.69. The Hall–Kier alpha value is -2.63. The predicted molar refractivity (Wildman–Crippen MR) is 111 cm³/mol. The molecule has 1 aliphatic heterocycles. The molecule has 1 aliphatic rings. The number of rotatable bonds is 5. The normalized spacial score (nSPS) is 17.7. The molecule has 1 aromatic heterocycles. The van der Waals surface area contributed by atoms with E-state index in [-0.39, 0.29) is 22.8 Å². The Morgan fingerprint density at radius 3 is 2.28 bits per heavy atom. The Morgan fingerprint density at radius 2 is 1.62 bits per heavy atom. The van der Waals surface area contributed by atoms with Gasteiger partial charge in [-0.3, -0.25) is 9.36 Å². The molecule has 0 bridgehead atoms. The lowest BCUT2D eigenvalue weighted by molar-refractivity contribution is -0.149. The van der Waals surface area contributed by atoms with Gasteiger partial charge in [0.15, 0.2) is 10.3 Å². The number of carbonyl (C=O) groups excluding carboxylic acids is 1. The number of carbonyl (C=O) groups is 1. The first-order valence-corrected chi connectivity index (χ1v) is 10.0. The SMILES string of the molecule is O=C(OCc1ccccc1)[C@@H]1C[C@H](Cc2ccccc2)c2c(Cl)nc(Cl)c(=O)n21. The summed E-state index contributed by atoms with van der Waals surface area (Å²) < 4.78 is 6.86. The van der Waals surface area contributed by atoms with E-state index in [2.05, 4.69) is 4.98 Å². The van der Waals surface area contributed by atoms with Crippen LogP contribution in [0.4, 0.5) is 0 Å². The van der Waals surface area contributed by atoms with Crippen molar-refractivity contribution in [1.82, 2.24) is 9.55 Å². The van der Waals surface area contributed by atoms with Crippen molar-refractivity contribution in [2.45, 2.75) is 31.4 Å². The maximum atomic E-state index is 12.9. The van der Waals surface area contributed by atoms with Crippen molar-refractivity contribution in [3.63, 3.8) is 0 Å². The number of nitrogens with zero attached hydrogens (tertiary/aromatic N) is 2. The Morgan fingerprint density at radius 1 is 1.00 bits per heavy atom. The monoisotopic (exact) mass is 428 g/mol. The zero-order chi connectivity index (χ0) is 20.4. The molecule has 0 fully saturated rings. The lowest BCUT2D eigenvalue weighted by Gasteiger charge is -2.14. The maximum Gasteiger partial charge on any atom is 0.329 e. The van der Waals surface area contributed by atoms with Gasteiger partial charge in [0.1, 0.15) is 12.6 Å². The topological polar surface area (TPSA) is 61.2 Å². The van der Waals surface area contributed by atoms with Gasteiger partial charge in [-0.15, -0.1) is 0 Å². The Labute approximate surface area is 177 Å². The molecular weight excluding hydrogens is 411 g/mol. The molecule has 0 radical (unpaired) electrons. The summed E-state index contributed by atoms with van der Waals surface area (Å²) in [7, 11) is 0. The molecule has 2 aromatic carbocycles. The van der Waals surface area contributed by atoms with Crippen LogP contribution in [0.5, 0.6) is 0 Å². The highest BCUT2D eigenvalue weighted by Gasteiger charge is 2.40. The highest BCUT2D eigenvalue weighted by molar-refractivity contribution is 6.32. The van der Waals surface area contributed by atoms with Crippen molar-refractivity contribution >= 4 is 29.2 Å². The van der Waals surface area contributed by atoms with E-state index in [4.69, 9.17) is 27.9 Å². The minimum absolute atomic E-state index is 0.135. The summed E-state index contributed by atoms with van der Waals surface area (Å²) in [6.07, 6.45) is 1.03. The Bertz CT molecular complexity index is 1080. The third kappa shape index (κ3) is 4.07. The zero-order valence-corrected chi connectivity index (χ0v) is 16.9. The zero-order valence-electron chi connectivity index (χ0n) is 15.4. The minimum atomic E-state index is -0.784. The smallest absolute Gasteiger partial charge is 0.329 e. The van der Waals surface area contributed by atoms with Crippen molar-refractivity contribution < 1.29 is 9.53 Å². The van der Waals surface area contributed by atoms with Crippen molar-refractivity contribution in [1.29, 1.82) is 0 Å². The highest BCUT2D eigenvalue weighted by atomic mass is 35.5. The van der Waals surface area contributed by atoms with Crippen LogP contribution in [-0.2, 0) is 22.6 Å². The molecule has 0 spiro atoms. The summed E-state index contributed by atoms with van der Waals surface area (Å²) >= 11 is 12.3. The summed E-state index contributed by atoms with van der Waals surface area (Å²) in [6, 6.07) is 18.4. The van der Waals surface area contributed by atoms with Gasteiger partial charge in [-0.25, -0.2) is 9.78 Å². The first-order chi connectivity index (χ1) is 14.0. The van der Waals surface area contributed by atoms with Gasteiger partial charge in [0, 0.05) is 5.92 Å². The van der Waals surface area contributed by atoms with Crippen molar-refractivity contribution in [3.05, 3.63) is 98.1 Å². The number of ether oxygens (including phenoxy) is 1. The van der Waals surface area contributed by atoms with Gasteiger partial charge in [-0.2, -0.15) is 0 Å². The first-order valence-electron chi connectivity index (χ1n) is 9.26. The molecule has 0 N–H and O–H groups in total. The van der Waals surface area contributed by atoms with Gasteiger partial charge in [-0.05, 0) is 24.0 Å². The van der Waals surface area contributed by atoms with Crippen LogP contribution in [0, 0.1) is 0 Å². The molecule has 0 saturated heterocycles. The van der Waals surface area contributed by atoms with Gasteiger partial charge in [0.2, 0.25) is 0 Å². The van der Waals surface area contributed by atoms with Gasteiger partial charge in [0.05, 0.1) is 5.69 Å². The molecule has 0 saturated carbocycles. The molecule has 7 heteroatoms. The fourth-order valence-corrected chi connectivity index (χ4v) is 4.31. The molecule has 0 aliphatic carbocycles. The number of benzene rings is 2. The molecule has 148 valence electrons. The minimum Gasteiger partial charge on any atom is -0.459 e. The van der Waals surface area contributed by atoms with Gasteiger partial charge >= 0.3 is 5.97 Å². The van der Waals surface area contributed by atoms with Crippen LogP contribution >= 0.6 is 23.2 Å². The number of halogens is 2. The molecule has 0 unspecified atom stereocenters. The standard InChI is InChI=1S/C22H18Cl2N2O3/c23-19-18-16(11-14-7-3-1-4-8-14)12-17(26(18)21(27)20(24)25-19)22(28)29-13-15-9-5-2-6-10-15/h1-10,16-17H,11-13H2/t16-,17-/m0/s1. The third-order valence-corrected chi connectivity index (χ3v) is 5.61. The van der Waals surface area contributed by atoms with Gasteiger partial charge < -0.3 is 4.74 Å². The van der Waals surface area contributed by atoms with Crippen LogP contribution in [0.25, 0.3) is 0 Å². The van der Waals surface area contributed by atoms with E-state index in [0.717, 1.165) is 11.1 Å². The van der Waals surface area contributed by atoms with E-state index in [1.807, 2.05) is 60.7 Å². The van der Waals surface area contributed by atoms with Crippen molar-refractivity contribution in [3.8, 4) is 0 Å². The summed E-state index contributed by atoms with van der Waals surface area (Å²) in [5.74, 6) is -0.622. The Balaban J connectivity index is 1.64. The van der Waals surface area contributed by atoms with Crippen LogP contribution in [0.15, 0.2) is 65.5 Å². The molecule has 5 nitrogen and oxygen atoms in total. The number of hydrogen-bond acceptors (Lipinski definition) is 4. The molecule has 2 atom stereocenters. The van der Waals surface area contributed by atoms with E-state index in [1.165, 1.54) is 4.57 Å². The molecule has 29 heavy (non-hydrogen) atoms. The van der Waals surface area contributed by atoms with E-state index in [0.29, 0.717) is 18.5 Å². The fraction of sp³-hybridized carbons (Fsp3) is 0.227. The van der Waals surface area contributed by atoms with Crippen molar-refractivity contribution in [2.24, 2.45) is 0 Å².